The number of rotatable bonds is 2. The number of hydrogen-bond donors (Lipinski definition) is 0. The average Bonchev–Trinajstić information content (AvgIpc) is 2.22. The summed E-state index contributed by atoms with van der Waals surface area (Å²) in [6.45, 7) is 5.98. The summed E-state index contributed by atoms with van der Waals surface area (Å²) in [5.41, 5.74) is 3.12. The van der Waals surface area contributed by atoms with E-state index in [2.05, 4.69) is 30.9 Å². The summed E-state index contributed by atoms with van der Waals surface area (Å²) in [6, 6.07) is 3.99. The molecule has 0 saturated heterocycles. The first-order valence-electron chi connectivity index (χ1n) is 5.17. The van der Waals surface area contributed by atoms with Gasteiger partial charge in [-0.15, -0.1) is 0 Å². The van der Waals surface area contributed by atoms with Gasteiger partial charge >= 0.3 is 0 Å². The van der Waals surface area contributed by atoms with Gasteiger partial charge in [0.25, 0.3) is 0 Å². The zero-order valence-electron chi connectivity index (χ0n) is 9.86. The van der Waals surface area contributed by atoms with Crippen LogP contribution in [-0.4, -0.2) is 15.0 Å². The van der Waals surface area contributed by atoms with Gasteiger partial charge in [0.1, 0.15) is 5.03 Å². The van der Waals surface area contributed by atoms with Gasteiger partial charge in [0.15, 0.2) is 5.16 Å². The van der Waals surface area contributed by atoms with E-state index in [1.807, 2.05) is 32.9 Å². The Morgan fingerprint density at radius 1 is 1.06 bits per heavy atom. The minimum atomic E-state index is 0.747. The van der Waals surface area contributed by atoms with Crippen molar-refractivity contribution in [3.63, 3.8) is 0 Å². The molecule has 0 radical (unpaired) electrons. The van der Waals surface area contributed by atoms with Crippen LogP contribution in [0.5, 0.6) is 0 Å². The van der Waals surface area contributed by atoms with Crippen molar-refractivity contribution in [2.24, 2.45) is 0 Å². The standard InChI is InChI=1S/C12H12BrN3S/c1-7-4-11(14-6-10(7)13)17-12-15-8(2)5-9(3)16-12/h4-6H,1-3H3. The Labute approximate surface area is 113 Å². The van der Waals surface area contributed by atoms with Crippen molar-refractivity contribution in [1.82, 2.24) is 15.0 Å². The molecule has 2 aromatic rings. The van der Waals surface area contributed by atoms with Crippen molar-refractivity contribution in [2.45, 2.75) is 31.0 Å². The van der Waals surface area contributed by atoms with Gasteiger partial charge in [0, 0.05) is 22.1 Å². The van der Waals surface area contributed by atoms with Crippen LogP contribution in [0.2, 0.25) is 0 Å². The lowest BCUT2D eigenvalue weighted by Crippen LogP contribution is -1.93. The summed E-state index contributed by atoms with van der Waals surface area (Å²) in [5.74, 6) is 0. The minimum Gasteiger partial charge on any atom is -0.248 e. The molecule has 2 heterocycles. The molecule has 0 aliphatic rings. The topological polar surface area (TPSA) is 38.7 Å². The molecular formula is C12H12BrN3S. The molecule has 0 bridgehead atoms. The fraction of sp³-hybridized carbons (Fsp3) is 0.250. The maximum absolute atomic E-state index is 4.38. The third kappa shape index (κ3) is 3.26. The van der Waals surface area contributed by atoms with Crippen LogP contribution in [0.25, 0.3) is 0 Å². The Kier molecular flexibility index (Phi) is 3.79. The van der Waals surface area contributed by atoms with Crippen LogP contribution in [0.4, 0.5) is 0 Å². The SMILES string of the molecule is Cc1cc(C)nc(Sc2cc(C)c(Br)cn2)n1. The fourth-order valence-electron chi connectivity index (χ4n) is 1.40. The number of hydrogen-bond acceptors (Lipinski definition) is 4. The summed E-state index contributed by atoms with van der Waals surface area (Å²) in [7, 11) is 0. The monoisotopic (exact) mass is 309 g/mol. The molecule has 17 heavy (non-hydrogen) atoms. The second kappa shape index (κ2) is 5.14. The molecular weight excluding hydrogens is 298 g/mol. The molecule has 0 aliphatic heterocycles. The van der Waals surface area contributed by atoms with Gasteiger partial charge < -0.3 is 0 Å². The van der Waals surface area contributed by atoms with E-state index in [1.54, 1.807) is 6.20 Å². The van der Waals surface area contributed by atoms with Crippen molar-refractivity contribution in [3.8, 4) is 0 Å². The first-order chi connectivity index (χ1) is 8.04. The van der Waals surface area contributed by atoms with E-state index in [-0.39, 0.29) is 0 Å². The number of aromatic nitrogens is 3. The van der Waals surface area contributed by atoms with Crippen LogP contribution in [0.1, 0.15) is 17.0 Å². The highest BCUT2D eigenvalue weighted by molar-refractivity contribution is 9.10. The van der Waals surface area contributed by atoms with Crippen molar-refractivity contribution < 1.29 is 0 Å². The van der Waals surface area contributed by atoms with Crippen LogP contribution in [0, 0.1) is 20.8 Å². The predicted octanol–water partition coefficient (Wildman–Crippen LogP) is 3.71. The van der Waals surface area contributed by atoms with E-state index in [9.17, 15) is 0 Å². The maximum Gasteiger partial charge on any atom is 0.194 e. The normalized spacial score (nSPS) is 10.6. The number of halogens is 1. The first kappa shape index (κ1) is 12.5. The highest BCUT2D eigenvalue weighted by Crippen LogP contribution is 2.26. The van der Waals surface area contributed by atoms with E-state index < -0.39 is 0 Å². The lowest BCUT2D eigenvalue weighted by atomic mass is 10.3. The highest BCUT2D eigenvalue weighted by Gasteiger charge is 2.05. The molecule has 5 heteroatoms. The molecule has 2 rings (SSSR count). The maximum atomic E-state index is 4.38. The molecule has 2 aromatic heterocycles. The van der Waals surface area contributed by atoms with Crippen molar-refractivity contribution in [1.29, 1.82) is 0 Å². The van der Waals surface area contributed by atoms with Crippen molar-refractivity contribution in [2.75, 3.05) is 0 Å². The van der Waals surface area contributed by atoms with E-state index >= 15 is 0 Å². The molecule has 0 aromatic carbocycles. The molecule has 0 amide bonds. The second-order valence-corrected chi connectivity index (χ2v) is 5.65. The highest BCUT2D eigenvalue weighted by atomic mass is 79.9. The molecule has 0 saturated carbocycles. The van der Waals surface area contributed by atoms with Gasteiger partial charge in [-0.2, -0.15) is 0 Å². The van der Waals surface area contributed by atoms with E-state index in [4.69, 9.17) is 0 Å². The van der Waals surface area contributed by atoms with E-state index in [0.717, 1.165) is 31.6 Å². The van der Waals surface area contributed by atoms with Gasteiger partial charge in [-0.25, -0.2) is 15.0 Å². The number of aryl methyl sites for hydroxylation is 3. The quantitative estimate of drug-likeness (QED) is 0.793. The van der Waals surface area contributed by atoms with Crippen molar-refractivity contribution in [3.05, 3.63) is 39.8 Å². The molecule has 3 nitrogen and oxygen atoms in total. The Hall–Kier alpha value is -0.940. The minimum absolute atomic E-state index is 0.747. The molecule has 0 N–H and O–H groups in total. The van der Waals surface area contributed by atoms with Crippen LogP contribution in [0.15, 0.2) is 33.0 Å². The van der Waals surface area contributed by atoms with Crippen LogP contribution in [0.3, 0.4) is 0 Å². The molecule has 88 valence electrons. The third-order valence-corrected chi connectivity index (χ3v) is 3.81. The molecule has 0 unspecified atom stereocenters. The Morgan fingerprint density at radius 3 is 2.29 bits per heavy atom. The third-order valence-electron chi connectivity index (χ3n) is 2.18. The summed E-state index contributed by atoms with van der Waals surface area (Å²) < 4.78 is 1.02. The lowest BCUT2D eigenvalue weighted by Gasteiger charge is -2.04. The average molecular weight is 310 g/mol. The van der Waals surface area contributed by atoms with Crippen LogP contribution >= 0.6 is 27.7 Å². The molecule has 0 spiro atoms. The first-order valence-corrected chi connectivity index (χ1v) is 6.78. The van der Waals surface area contributed by atoms with Crippen LogP contribution < -0.4 is 0 Å². The van der Waals surface area contributed by atoms with Gasteiger partial charge in [-0.05, 0) is 66.2 Å². The Bertz CT molecular complexity index is 537. The second-order valence-electron chi connectivity index (χ2n) is 3.81. The van der Waals surface area contributed by atoms with Gasteiger partial charge in [-0.1, -0.05) is 0 Å². The number of pyridine rings is 1. The van der Waals surface area contributed by atoms with Gasteiger partial charge in [0.05, 0.1) is 0 Å². The largest absolute Gasteiger partial charge is 0.248 e. The van der Waals surface area contributed by atoms with Gasteiger partial charge in [-0.3, -0.25) is 0 Å². The summed E-state index contributed by atoms with van der Waals surface area (Å²) in [6.07, 6.45) is 1.81. The van der Waals surface area contributed by atoms with Crippen molar-refractivity contribution >= 4 is 27.7 Å². The Morgan fingerprint density at radius 2 is 1.71 bits per heavy atom. The summed E-state index contributed by atoms with van der Waals surface area (Å²) in [4.78, 5) is 13.1. The number of nitrogens with zero attached hydrogens (tertiary/aromatic N) is 3. The lowest BCUT2D eigenvalue weighted by molar-refractivity contribution is 0.898. The fourth-order valence-corrected chi connectivity index (χ4v) is 2.53. The predicted molar refractivity (Wildman–Crippen MR) is 72.3 cm³/mol. The van der Waals surface area contributed by atoms with E-state index in [1.165, 1.54) is 11.8 Å². The summed E-state index contributed by atoms with van der Waals surface area (Å²) in [5, 5.41) is 1.66. The van der Waals surface area contributed by atoms with E-state index in [0.29, 0.717) is 0 Å². The zero-order valence-corrected chi connectivity index (χ0v) is 12.3. The van der Waals surface area contributed by atoms with Crippen LogP contribution in [-0.2, 0) is 0 Å². The summed E-state index contributed by atoms with van der Waals surface area (Å²) >= 11 is 4.92. The Balaban J connectivity index is 2.28. The molecule has 0 atom stereocenters. The molecule has 0 aliphatic carbocycles. The zero-order chi connectivity index (χ0) is 12.4. The van der Waals surface area contributed by atoms with Gasteiger partial charge in [0.2, 0.25) is 0 Å². The molecule has 0 fully saturated rings. The smallest absolute Gasteiger partial charge is 0.194 e.